The molecule has 3 heteroatoms. The first-order valence-corrected chi connectivity index (χ1v) is 7.99. The van der Waals surface area contributed by atoms with Gasteiger partial charge in [-0.05, 0) is 49.4 Å². The van der Waals surface area contributed by atoms with Crippen molar-refractivity contribution in [3.8, 4) is 0 Å². The maximum absolute atomic E-state index is 11.6. The van der Waals surface area contributed by atoms with Crippen molar-refractivity contribution in [2.45, 2.75) is 58.2 Å². The largest absolute Gasteiger partial charge is 0.465 e. The molecule has 4 rings (SSSR count). The summed E-state index contributed by atoms with van der Waals surface area (Å²) in [6.45, 7) is 5.18. The molecule has 0 aromatic heterocycles. The van der Waals surface area contributed by atoms with Gasteiger partial charge in [0.1, 0.15) is 0 Å². The summed E-state index contributed by atoms with van der Waals surface area (Å²) in [5.41, 5.74) is 0.183. The molecule has 3 nitrogen and oxygen atoms in total. The molecule has 2 aliphatic carbocycles. The minimum absolute atomic E-state index is 0.0307. The molecule has 2 saturated heterocycles. The lowest BCUT2D eigenvalue weighted by molar-refractivity contribution is -0.137. The maximum Gasteiger partial charge on any atom is 0.306 e. The lowest BCUT2D eigenvalue weighted by atomic mass is 9.62. The average molecular weight is 264 g/mol. The standard InChI is InChI=1S/C16H24O3/c1-3-11-14-9-5-10(15(14)12(4-2)19-11)16(6-9)7-13(17)18-8-16/h9-12,14-15H,3-8H2,1-2H3. The minimum Gasteiger partial charge on any atom is -0.465 e. The third-order valence-corrected chi connectivity index (χ3v) is 6.50. The Labute approximate surface area is 115 Å². The number of carbonyl (C=O) groups is 1. The van der Waals surface area contributed by atoms with E-state index in [9.17, 15) is 4.79 Å². The van der Waals surface area contributed by atoms with Crippen LogP contribution in [0.2, 0.25) is 0 Å². The van der Waals surface area contributed by atoms with Crippen molar-refractivity contribution in [1.82, 2.24) is 0 Å². The summed E-state index contributed by atoms with van der Waals surface area (Å²) in [7, 11) is 0. The fourth-order valence-electron chi connectivity index (χ4n) is 5.96. The van der Waals surface area contributed by atoms with Crippen molar-refractivity contribution in [3.63, 3.8) is 0 Å². The van der Waals surface area contributed by atoms with Crippen LogP contribution in [0, 0.1) is 29.1 Å². The molecule has 7 unspecified atom stereocenters. The molecule has 0 aromatic carbocycles. The summed E-state index contributed by atoms with van der Waals surface area (Å²) in [6, 6.07) is 0. The minimum atomic E-state index is 0.0307. The SMILES string of the molecule is CCC1OC(CC)C2C1C1CC2C2(COC(=O)C2)C1. The first kappa shape index (κ1) is 12.2. The van der Waals surface area contributed by atoms with Crippen LogP contribution < -0.4 is 0 Å². The molecular weight excluding hydrogens is 240 g/mol. The van der Waals surface area contributed by atoms with Gasteiger partial charge in [-0.15, -0.1) is 0 Å². The quantitative estimate of drug-likeness (QED) is 0.719. The second kappa shape index (κ2) is 3.97. The van der Waals surface area contributed by atoms with Crippen LogP contribution in [0.5, 0.6) is 0 Å². The predicted molar refractivity (Wildman–Crippen MR) is 70.4 cm³/mol. The number of hydrogen-bond donors (Lipinski definition) is 0. The summed E-state index contributed by atoms with van der Waals surface area (Å²) in [4.78, 5) is 11.6. The van der Waals surface area contributed by atoms with Gasteiger partial charge in [-0.3, -0.25) is 4.79 Å². The first-order chi connectivity index (χ1) is 9.18. The Balaban J connectivity index is 1.65. The zero-order chi connectivity index (χ0) is 13.2. The number of hydrogen-bond acceptors (Lipinski definition) is 3. The molecule has 0 radical (unpaired) electrons. The van der Waals surface area contributed by atoms with Gasteiger partial charge < -0.3 is 9.47 Å². The average Bonchev–Trinajstić information content (AvgIpc) is 3.11. The third kappa shape index (κ3) is 1.45. The monoisotopic (exact) mass is 264 g/mol. The summed E-state index contributed by atoms with van der Waals surface area (Å²) in [6.07, 6.45) is 6.36. The van der Waals surface area contributed by atoms with Gasteiger partial charge in [0.15, 0.2) is 0 Å². The Morgan fingerprint density at radius 2 is 1.95 bits per heavy atom. The number of esters is 1. The molecule has 2 saturated carbocycles. The van der Waals surface area contributed by atoms with Crippen molar-refractivity contribution in [3.05, 3.63) is 0 Å². The molecule has 2 bridgehead atoms. The van der Waals surface area contributed by atoms with Crippen LogP contribution in [-0.2, 0) is 14.3 Å². The van der Waals surface area contributed by atoms with Crippen LogP contribution in [0.3, 0.4) is 0 Å². The molecule has 4 fully saturated rings. The van der Waals surface area contributed by atoms with Crippen molar-refractivity contribution in [2.24, 2.45) is 29.1 Å². The fraction of sp³-hybridized carbons (Fsp3) is 0.938. The van der Waals surface area contributed by atoms with Gasteiger partial charge in [-0.1, -0.05) is 13.8 Å². The summed E-state index contributed by atoms with van der Waals surface area (Å²) in [5.74, 6) is 2.95. The second-order valence-corrected chi connectivity index (χ2v) is 7.19. The fourth-order valence-corrected chi connectivity index (χ4v) is 5.96. The summed E-state index contributed by atoms with van der Waals surface area (Å²) < 4.78 is 11.6. The van der Waals surface area contributed by atoms with Gasteiger partial charge in [-0.2, -0.15) is 0 Å². The number of rotatable bonds is 2. The second-order valence-electron chi connectivity index (χ2n) is 7.19. The highest BCUT2D eigenvalue weighted by molar-refractivity contribution is 5.72. The molecule has 4 aliphatic rings. The van der Waals surface area contributed by atoms with Gasteiger partial charge in [0, 0.05) is 5.41 Å². The van der Waals surface area contributed by atoms with Crippen LogP contribution in [0.25, 0.3) is 0 Å². The highest BCUT2D eigenvalue weighted by atomic mass is 16.5. The lowest BCUT2D eigenvalue weighted by Gasteiger charge is -2.39. The first-order valence-electron chi connectivity index (χ1n) is 7.99. The van der Waals surface area contributed by atoms with Crippen LogP contribution in [0.15, 0.2) is 0 Å². The molecule has 7 atom stereocenters. The number of fused-ring (bicyclic) bond motifs is 6. The zero-order valence-corrected chi connectivity index (χ0v) is 11.9. The Morgan fingerprint density at radius 1 is 1.21 bits per heavy atom. The Kier molecular flexibility index (Phi) is 2.55. The van der Waals surface area contributed by atoms with E-state index in [0.717, 1.165) is 24.7 Å². The van der Waals surface area contributed by atoms with E-state index in [1.165, 1.54) is 12.8 Å². The lowest BCUT2D eigenvalue weighted by Crippen LogP contribution is -2.40. The van der Waals surface area contributed by atoms with Gasteiger partial charge >= 0.3 is 5.97 Å². The van der Waals surface area contributed by atoms with Gasteiger partial charge in [0.2, 0.25) is 0 Å². The Bertz CT molecular complexity index is 407. The van der Waals surface area contributed by atoms with Gasteiger partial charge in [0.25, 0.3) is 0 Å². The highest BCUT2D eigenvalue weighted by Gasteiger charge is 2.67. The van der Waals surface area contributed by atoms with E-state index in [0.29, 0.717) is 37.1 Å². The molecule has 0 amide bonds. The topological polar surface area (TPSA) is 35.5 Å². The van der Waals surface area contributed by atoms with Crippen LogP contribution in [0.4, 0.5) is 0 Å². The smallest absolute Gasteiger partial charge is 0.306 e. The van der Waals surface area contributed by atoms with Crippen molar-refractivity contribution in [2.75, 3.05) is 6.61 Å². The molecule has 2 aliphatic heterocycles. The van der Waals surface area contributed by atoms with E-state index in [1.54, 1.807) is 0 Å². The molecule has 2 heterocycles. The maximum atomic E-state index is 11.6. The van der Waals surface area contributed by atoms with E-state index < -0.39 is 0 Å². The van der Waals surface area contributed by atoms with Crippen molar-refractivity contribution < 1.29 is 14.3 Å². The van der Waals surface area contributed by atoms with E-state index in [2.05, 4.69) is 13.8 Å². The molecule has 106 valence electrons. The third-order valence-electron chi connectivity index (χ3n) is 6.50. The zero-order valence-electron chi connectivity index (χ0n) is 11.9. The van der Waals surface area contributed by atoms with Gasteiger partial charge in [0.05, 0.1) is 25.2 Å². The molecule has 0 aromatic rings. The summed E-state index contributed by atoms with van der Waals surface area (Å²) >= 11 is 0. The molecule has 0 N–H and O–H groups in total. The van der Waals surface area contributed by atoms with Crippen molar-refractivity contribution >= 4 is 5.97 Å². The predicted octanol–water partition coefficient (Wildman–Crippen LogP) is 2.78. The van der Waals surface area contributed by atoms with Gasteiger partial charge in [-0.25, -0.2) is 0 Å². The highest BCUT2D eigenvalue weighted by Crippen LogP contribution is 2.68. The summed E-state index contributed by atoms with van der Waals surface area (Å²) in [5, 5.41) is 0. The Hall–Kier alpha value is -0.570. The number of carbonyl (C=O) groups excluding carboxylic acids is 1. The van der Waals surface area contributed by atoms with Crippen LogP contribution >= 0.6 is 0 Å². The molecular formula is C16H24O3. The van der Waals surface area contributed by atoms with E-state index in [4.69, 9.17) is 9.47 Å². The van der Waals surface area contributed by atoms with E-state index in [-0.39, 0.29) is 11.4 Å². The van der Waals surface area contributed by atoms with Crippen LogP contribution in [-0.4, -0.2) is 24.8 Å². The van der Waals surface area contributed by atoms with E-state index >= 15 is 0 Å². The van der Waals surface area contributed by atoms with E-state index in [1.807, 2.05) is 0 Å². The normalized spacial score (nSPS) is 54.9. The molecule has 1 spiro atoms. The Morgan fingerprint density at radius 3 is 2.58 bits per heavy atom. The number of ether oxygens (including phenoxy) is 2. The van der Waals surface area contributed by atoms with Crippen LogP contribution in [0.1, 0.15) is 46.0 Å². The molecule has 19 heavy (non-hydrogen) atoms. The van der Waals surface area contributed by atoms with Crippen molar-refractivity contribution in [1.29, 1.82) is 0 Å². The number of cyclic esters (lactones) is 1.